The fourth-order valence-corrected chi connectivity index (χ4v) is 2.61. The van der Waals surface area contributed by atoms with Gasteiger partial charge < -0.3 is 14.8 Å². The van der Waals surface area contributed by atoms with Gasteiger partial charge in [0, 0.05) is 6.54 Å². The van der Waals surface area contributed by atoms with Gasteiger partial charge in [-0.2, -0.15) is 0 Å². The van der Waals surface area contributed by atoms with Gasteiger partial charge in [-0.3, -0.25) is 10.1 Å². The summed E-state index contributed by atoms with van der Waals surface area (Å²) < 4.78 is 9.47. The van der Waals surface area contributed by atoms with Gasteiger partial charge in [0.05, 0.1) is 24.8 Å². The molecule has 0 spiro atoms. The first kappa shape index (κ1) is 21.4. The molecule has 150 valence electrons. The molecule has 0 radical (unpaired) electrons. The second-order valence-electron chi connectivity index (χ2n) is 5.77. The number of nitrogens with one attached hydrogen (secondary N) is 1. The molecule has 0 aliphatic carbocycles. The highest BCUT2D eigenvalue weighted by Crippen LogP contribution is 2.25. The molecule has 8 nitrogen and oxygen atoms in total. The van der Waals surface area contributed by atoms with E-state index in [0.717, 1.165) is 19.8 Å². The molecule has 0 heterocycles. The molecule has 0 bridgehead atoms. The van der Waals surface area contributed by atoms with Crippen LogP contribution in [-0.2, 0) is 25.6 Å². The van der Waals surface area contributed by atoms with Crippen LogP contribution in [0, 0.1) is 10.1 Å². The number of nitro groups is 1. The zero-order valence-electron chi connectivity index (χ0n) is 16.0. The van der Waals surface area contributed by atoms with Crippen molar-refractivity contribution in [3.63, 3.8) is 0 Å². The minimum Gasteiger partial charge on any atom is -0.465 e. The highest BCUT2D eigenvalue weighted by molar-refractivity contribution is 6.11. The number of nitrogens with zero attached hydrogens (tertiary/aromatic N) is 1. The van der Waals surface area contributed by atoms with Crippen LogP contribution in [0.1, 0.15) is 11.1 Å². The third-order valence-corrected chi connectivity index (χ3v) is 3.92. The van der Waals surface area contributed by atoms with E-state index in [1.165, 1.54) is 0 Å². The largest absolute Gasteiger partial charge is 0.465 e. The summed E-state index contributed by atoms with van der Waals surface area (Å²) in [6.07, 6.45) is 0.436. The maximum atomic E-state index is 12.6. The first-order valence-electron chi connectivity index (χ1n) is 8.57. The molecular weight excluding hydrogens is 376 g/mol. The Labute approximate surface area is 167 Å². The highest BCUT2D eigenvalue weighted by Gasteiger charge is 2.30. The summed E-state index contributed by atoms with van der Waals surface area (Å²) in [7, 11) is 2.20. The number of methoxy groups -OCH3 is 2. The van der Waals surface area contributed by atoms with Gasteiger partial charge in [-0.25, -0.2) is 9.59 Å². The first-order chi connectivity index (χ1) is 14.0. The second kappa shape index (κ2) is 10.4. The molecule has 2 aromatic carbocycles. The van der Waals surface area contributed by atoms with Crippen molar-refractivity contribution in [2.24, 2.45) is 0 Å². The number of carbonyl (C=O) groups is 2. The van der Waals surface area contributed by atoms with Crippen LogP contribution in [0.4, 0.5) is 0 Å². The van der Waals surface area contributed by atoms with Gasteiger partial charge >= 0.3 is 11.9 Å². The molecule has 0 unspecified atom stereocenters. The van der Waals surface area contributed by atoms with Crippen molar-refractivity contribution in [3.8, 4) is 0 Å². The summed E-state index contributed by atoms with van der Waals surface area (Å²) in [6, 6.07) is 18.0. The van der Waals surface area contributed by atoms with E-state index in [0.29, 0.717) is 18.3 Å². The zero-order valence-corrected chi connectivity index (χ0v) is 16.0. The standard InChI is InChI=1S/C21H20N2O6/c1-28-20(24)17(14-23(26)27)18(21(25)29-2)19(16-11-7-4-8-12-16)22-13-15-9-5-3-6-10-15/h3-12,14,22H,13H2,1-2H3/b17-14+,19-18-. The fraction of sp³-hybridized carbons (Fsp3) is 0.143. The number of carbonyl (C=O) groups excluding carboxylic acids is 2. The molecule has 0 fully saturated rings. The number of rotatable bonds is 8. The Bertz CT molecular complexity index is 936. The molecule has 0 saturated heterocycles. The fourth-order valence-electron chi connectivity index (χ4n) is 2.61. The van der Waals surface area contributed by atoms with Crippen molar-refractivity contribution < 1.29 is 24.0 Å². The maximum Gasteiger partial charge on any atom is 0.345 e. The Morgan fingerprint density at radius 3 is 2.03 bits per heavy atom. The van der Waals surface area contributed by atoms with Crippen molar-refractivity contribution in [2.75, 3.05) is 14.2 Å². The lowest BCUT2D eigenvalue weighted by Gasteiger charge is -2.17. The Kier molecular flexibility index (Phi) is 7.67. The average Bonchev–Trinajstić information content (AvgIpc) is 2.75. The second-order valence-corrected chi connectivity index (χ2v) is 5.77. The lowest BCUT2D eigenvalue weighted by atomic mass is 9.99. The monoisotopic (exact) mass is 396 g/mol. The third-order valence-electron chi connectivity index (χ3n) is 3.92. The van der Waals surface area contributed by atoms with Gasteiger partial charge in [-0.1, -0.05) is 60.7 Å². The molecule has 0 aromatic heterocycles. The van der Waals surface area contributed by atoms with E-state index in [1.54, 1.807) is 30.3 Å². The molecule has 2 aromatic rings. The Balaban J connectivity index is 2.69. The van der Waals surface area contributed by atoms with E-state index in [9.17, 15) is 19.7 Å². The van der Waals surface area contributed by atoms with Gasteiger partial charge in [0.25, 0.3) is 0 Å². The van der Waals surface area contributed by atoms with Gasteiger partial charge in [-0.15, -0.1) is 0 Å². The van der Waals surface area contributed by atoms with Crippen LogP contribution in [0.25, 0.3) is 5.70 Å². The van der Waals surface area contributed by atoms with Crippen LogP contribution in [0.15, 0.2) is 78.0 Å². The van der Waals surface area contributed by atoms with E-state index in [2.05, 4.69) is 10.1 Å². The molecule has 8 heteroatoms. The molecule has 0 aliphatic rings. The first-order valence-corrected chi connectivity index (χ1v) is 8.57. The van der Waals surface area contributed by atoms with E-state index in [-0.39, 0.29) is 11.3 Å². The van der Waals surface area contributed by atoms with Crippen molar-refractivity contribution in [3.05, 3.63) is 99.3 Å². The normalized spacial score (nSPS) is 11.9. The zero-order chi connectivity index (χ0) is 21.2. The van der Waals surface area contributed by atoms with Gasteiger partial charge in [0.1, 0.15) is 11.1 Å². The van der Waals surface area contributed by atoms with Crippen LogP contribution in [-0.4, -0.2) is 31.1 Å². The molecule has 0 saturated carbocycles. The van der Waals surface area contributed by atoms with Crippen LogP contribution in [0.5, 0.6) is 0 Å². The van der Waals surface area contributed by atoms with Crippen molar-refractivity contribution in [1.29, 1.82) is 0 Å². The molecule has 0 amide bonds. The van der Waals surface area contributed by atoms with E-state index in [1.807, 2.05) is 30.3 Å². The molecule has 29 heavy (non-hydrogen) atoms. The number of esters is 2. The maximum absolute atomic E-state index is 12.6. The smallest absolute Gasteiger partial charge is 0.345 e. The van der Waals surface area contributed by atoms with Gasteiger partial charge in [-0.05, 0) is 11.1 Å². The van der Waals surface area contributed by atoms with Crippen molar-refractivity contribution >= 4 is 17.6 Å². The predicted molar refractivity (Wildman–Crippen MR) is 106 cm³/mol. The van der Waals surface area contributed by atoms with Crippen LogP contribution >= 0.6 is 0 Å². The molecular formula is C21H20N2O6. The number of benzene rings is 2. The SMILES string of the molecule is COC(=O)C(=C(\NCc1ccccc1)c1ccccc1)/C(=C\[N+](=O)[O-])C(=O)OC. The van der Waals surface area contributed by atoms with Crippen LogP contribution < -0.4 is 5.32 Å². The predicted octanol–water partition coefficient (Wildman–Crippen LogP) is 2.69. The summed E-state index contributed by atoms with van der Waals surface area (Å²) in [4.78, 5) is 35.1. The Morgan fingerprint density at radius 2 is 1.52 bits per heavy atom. The van der Waals surface area contributed by atoms with E-state index in [4.69, 9.17) is 4.74 Å². The van der Waals surface area contributed by atoms with Crippen LogP contribution in [0.3, 0.4) is 0 Å². The highest BCUT2D eigenvalue weighted by atomic mass is 16.6. The molecule has 2 rings (SSSR count). The van der Waals surface area contributed by atoms with E-state index >= 15 is 0 Å². The topological polar surface area (TPSA) is 108 Å². The minimum atomic E-state index is -1.03. The summed E-state index contributed by atoms with van der Waals surface area (Å²) in [5, 5.41) is 14.2. The lowest BCUT2D eigenvalue weighted by Crippen LogP contribution is -2.23. The Morgan fingerprint density at radius 1 is 0.966 bits per heavy atom. The minimum absolute atomic E-state index is 0.208. The van der Waals surface area contributed by atoms with Gasteiger partial charge in [0.2, 0.25) is 6.20 Å². The van der Waals surface area contributed by atoms with Crippen molar-refractivity contribution in [1.82, 2.24) is 5.32 Å². The number of hydrogen-bond donors (Lipinski definition) is 1. The summed E-state index contributed by atoms with van der Waals surface area (Å²) >= 11 is 0. The molecule has 0 atom stereocenters. The summed E-state index contributed by atoms with van der Waals surface area (Å²) in [5.41, 5.74) is 0.840. The van der Waals surface area contributed by atoms with Gasteiger partial charge in [0.15, 0.2) is 0 Å². The van der Waals surface area contributed by atoms with Crippen molar-refractivity contribution in [2.45, 2.75) is 6.54 Å². The van der Waals surface area contributed by atoms with Crippen LogP contribution in [0.2, 0.25) is 0 Å². The number of hydrogen-bond acceptors (Lipinski definition) is 7. The third kappa shape index (κ3) is 5.77. The number of ether oxygens (including phenoxy) is 2. The Hall–Kier alpha value is -3.94. The van der Waals surface area contributed by atoms with E-state index < -0.39 is 22.4 Å². The summed E-state index contributed by atoms with van der Waals surface area (Å²) in [6.45, 7) is 0.304. The molecule has 0 aliphatic heterocycles. The lowest BCUT2D eigenvalue weighted by molar-refractivity contribution is -0.403. The summed E-state index contributed by atoms with van der Waals surface area (Å²) in [5.74, 6) is -1.94. The average molecular weight is 396 g/mol. The quantitative estimate of drug-likeness (QED) is 0.240. The molecule has 1 N–H and O–H groups in total.